The van der Waals surface area contributed by atoms with E-state index in [-0.39, 0.29) is 5.56 Å². The number of carboxylic acids is 1. The quantitative estimate of drug-likeness (QED) is 0.724. The summed E-state index contributed by atoms with van der Waals surface area (Å²) in [5.41, 5.74) is 2.18. The summed E-state index contributed by atoms with van der Waals surface area (Å²) < 4.78 is 5.22. The number of hydrogen-bond donors (Lipinski definition) is 2. The Labute approximate surface area is 102 Å². The number of carboxylic acid groups (broad SMARTS) is 1. The number of furan rings is 1. The zero-order chi connectivity index (χ0) is 12.7. The number of imidazole rings is 1. The van der Waals surface area contributed by atoms with Crippen molar-refractivity contribution >= 4 is 17.0 Å². The number of H-pyrrole nitrogens is 1. The highest BCUT2D eigenvalue weighted by molar-refractivity contribution is 6.01. The second kappa shape index (κ2) is 3.73. The maximum atomic E-state index is 11.1. The summed E-state index contributed by atoms with van der Waals surface area (Å²) in [5.74, 6) is 0.374. The minimum atomic E-state index is -0.984. The fourth-order valence-corrected chi connectivity index (χ4v) is 1.96. The van der Waals surface area contributed by atoms with E-state index >= 15 is 0 Å². The minimum Gasteiger partial charge on any atom is -0.478 e. The Hall–Kier alpha value is -2.56. The second-order valence-electron chi connectivity index (χ2n) is 3.98. The average Bonchev–Trinajstić information content (AvgIpc) is 2.92. The van der Waals surface area contributed by atoms with Crippen LogP contribution in [0.15, 0.2) is 34.9 Å². The molecule has 0 saturated heterocycles. The topological polar surface area (TPSA) is 79.1 Å². The van der Waals surface area contributed by atoms with Crippen LogP contribution in [0.5, 0.6) is 0 Å². The molecule has 5 nitrogen and oxygen atoms in total. The van der Waals surface area contributed by atoms with E-state index in [0.29, 0.717) is 16.9 Å². The van der Waals surface area contributed by atoms with Crippen LogP contribution < -0.4 is 0 Å². The van der Waals surface area contributed by atoms with E-state index < -0.39 is 5.97 Å². The van der Waals surface area contributed by atoms with E-state index in [1.807, 2.05) is 6.92 Å². The van der Waals surface area contributed by atoms with Crippen molar-refractivity contribution in [3.05, 3.63) is 41.9 Å². The van der Waals surface area contributed by atoms with Gasteiger partial charge in [-0.1, -0.05) is 6.07 Å². The van der Waals surface area contributed by atoms with Crippen LogP contribution in [-0.2, 0) is 0 Å². The standard InChI is InChI=1S/C13H10N2O3/c1-7-8(5-6-18-7)12-14-10-4-2-3-9(13(16)17)11(10)15-12/h2-6H,1H3,(H,14,15)(H,16,17). The summed E-state index contributed by atoms with van der Waals surface area (Å²) in [7, 11) is 0. The van der Waals surface area contributed by atoms with Crippen molar-refractivity contribution in [1.82, 2.24) is 9.97 Å². The molecule has 5 heteroatoms. The highest BCUT2D eigenvalue weighted by Crippen LogP contribution is 2.25. The highest BCUT2D eigenvalue weighted by atomic mass is 16.4. The molecule has 90 valence electrons. The SMILES string of the molecule is Cc1occc1-c1nc2c(C(=O)O)cccc2[nH]1. The van der Waals surface area contributed by atoms with Crippen LogP contribution in [0.3, 0.4) is 0 Å². The van der Waals surface area contributed by atoms with Crippen LogP contribution in [0.1, 0.15) is 16.1 Å². The molecule has 0 aliphatic rings. The molecule has 2 N–H and O–H groups in total. The number of nitrogens with zero attached hydrogens (tertiary/aromatic N) is 1. The molecular weight excluding hydrogens is 232 g/mol. The lowest BCUT2D eigenvalue weighted by atomic mass is 10.2. The maximum absolute atomic E-state index is 11.1. The Kier molecular flexibility index (Phi) is 2.19. The molecule has 1 aromatic carbocycles. The van der Waals surface area contributed by atoms with Gasteiger partial charge in [-0.05, 0) is 25.1 Å². The van der Waals surface area contributed by atoms with Crippen molar-refractivity contribution in [1.29, 1.82) is 0 Å². The zero-order valence-electron chi connectivity index (χ0n) is 9.60. The minimum absolute atomic E-state index is 0.191. The number of aryl methyl sites for hydroxylation is 1. The smallest absolute Gasteiger partial charge is 0.337 e. The third-order valence-corrected chi connectivity index (χ3v) is 2.86. The zero-order valence-corrected chi connectivity index (χ0v) is 9.60. The maximum Gasteiger partial charge on any atom is 0.337 e. The first-order valence-corrected chi connectivity index (χ1v) is 5.43. The third-order valence-electron chi connectivity index (χ3n) is 2.86. The number of nitrogens with one attached hydrogen (secondary N) is 1. The lowest BCUT2D eigenvalue weighted by Crippen LogP contribution is -1.96. The molecule has 3 aromatic rings. The van der Waals surface area contributed by atoms with Gasteiger partial charge in [-0.15, -0.1) is 0 Å². The van der Waals surface area contributed by atoms with Gasteiger partial charge >= 0.3 is 5.97 Å². The molecule has 0 fully saturated rings. The summed E-state index contributed by atoms with van der Waals surface area (Å²) in [6, 6.07) is 6.83. The number of aromatic carboxylic acids is 1. The van der Waals surface area contributed by atoms with E-state index in [0.717, 1.165) is 11.3 Å². The van der Waals surface area contributed by atoms with Crippen LogP contribution in [0, 0.1) is 6.92 Å². The van der Waals surface area contributed by atoms with Gasteiger partial charge < -0.3 is 14.5 Å². The van der Waals surface area contributed by atoms with Gasteiger partial charge in [-0.3, -0.25) is 0 Å². The van der Waals surface area contributed by atoms with Crippen LogP contribution >= 0.6 is 0 Å². The van der Waals surface area contributed by atoms with E-state index in [1.54, 1.807) is 24.5 Å². The van der Waals surface area contributed by atoms with E-state index in [9.17, 15) is 4.79 Å². The van der Waals surface area contributed by atoms with Gasteiger partial charge in [-0.2, -0.15) is 0 Å². The number of hydrogen-bond acceptors (Lipinski definition) is 3. The van der Waals surface area contributed by atoms with Crippen molar-refractivity contribution in [2.75, 3.05) is 0 Å². The van der Waals surface area contributed by atoms with Crippen molar-refractivity contribution in [2.45, 2.75) is 6.92 Å². The fraction of sp³-hybridized carbons (Fsp3) is 0.0769. The van der Waals surface area contributed by atoms with Crippen molar-refractivity contribution < 1.29 is 14.3 Å². The van der Waals surface area contributed by atoms with Crippen LogP contribution in [-0.4, -0.2) is 21.0 Å². The number of aromatic nitrogens is 2. The van der Waals surface area contributed by atoms with Crippen LogP contribution in [0.25, 0.3) is 22.4 Å². The molecule has 0 saturated carbocycles. The Balaban J connectivity index is 2.26. The summed E-state index contributed by atoms with van der Waals surface area (Å²) in [6.07, 6.45) is 1.58. The lowest BCUT2D eigenvalue weighted by Gasteiger charge is -1.93. The normalized spacial score (nSPS) is 10.9. The molecular formula is C13H10N2O3. The molecule has 0 radical (unpaired) electrons. The fourth-order valence-electron chi connectivity index (χ4n) is 1.96. The van der Waals surface area contributed by atoms with Crippen molar-refractivity contribution in [3.63, 3.8) is 0 Å². The Morgan fingerprint density at radius 3 is 2.89 bits per heavy atom. The number of benzene rings is 1. The molecule has 2 aromatic heterocycles. The first kappa shape index (κ1) is 10.6. The molecule has 0 aliphatic heterocycles. The van der Waals surface area contributed by atoms with E-state index in [2.05, 4.69) is 9.97 Å². The average molecular weight is 242 g/mol. The second-order valence-corrected chi connectivity index (χ2v) is 3.98. The van der Waals surface area contributed by atoms with Gasteiger partial charge in [0, 0.05) is 0 Å². The van der Waals surface area contributed by atoms with E-state index in [1.165, 1.54) is 6.07 Å². The molecule has 3 rings (SSSR count). The Morgan fingerprint density at radius 2 is 2.22 bits per heavy atom. The summed E-state index contributed by atoms with van der Waals surface area (Å²) in [5, 5.41) is 9.10. The largest absolute Gasteiger partial charge is 0.478 e. The molecule has 2 heterocycles. The third kappa shape index (κ3) is 1.48. The van der Waals surface area contributed by atoms with Gasteiger partial charge in [0.2, 0.25) is 0 Å². The lowest BCUT2D eigenvalue weighted by molar-refractivity contribution is 0.0699. The van der Waals surface area contributed by atoms with Crippen molar-refractivity contribution in [2.24, 2.45) is 0 Å². The van der Waals surface area contributed by atoms with Gasteiger partial charge in [-0.25, -0.2) is 9.78 Å². The summed E-state index contributed by atoms with van der Waals surface area (Å²) in [4.78, 5) is 18.5. The highest BCUT2D eigenvalue weighted by Gasteiger charge is 2.14. The van der Waals surface area contributed by atoms with Gasteiger partial charge in [0.25, 0.3) is 0 Å². The molecule has 18 heavy (non-hydrogen) atoms. The number of carbonyl (C=O) groups is 1. The molecule has 0 atom stereocenters. The number of aromatic amines is 1. The molecule has 0 bridgehead atoms. The molecule has 0 amide bonds. The van der Waals surface area contributed by atoms with Crippen LogP contribution in [0.4, 0.5) is 0 Å². The molecule has 0 aliphatic carbocycles. The van der Waals surface area contributed by atoms with Gasteiger partial charge in [0.1, 0.15) is 17.1 Å². The van der Waals surface area contributed by atoms with E-state index in [4.69, 9.17) is 9.52 Å². The Bertz CT molecular complexity index is 740. The van der Waals surface area contributed by atoms with Crippen molar-refractivity contribution in [3.8, 4) is 11.4 Å². The molecule has 0 spiro atoms. The monoisotopic (exact) mass is 242 g/mol. The van der Waals surface area contributed by atoms with Gasteiger partial charge in [0.05, 0.1) is 22.9 Å². The Morgan fingerprint density at radius 1 is 1.39 bits per heavy atom. The number of fused-ring (bicyclic) bond motifs is 1. The summed E-state index contributed by atoms with van der Waals surface area (Å²) >= 11 is 0. The first-order chi connectivity index (χ1) is 8.66. The molecule has 0 unspecified atom stereocenters. The number of para-hydroxylation sites is 1. The van der Waals surface area contributed by atoms with Crippen LogP contribution in [0.2, 0.25) is 0 Å². The predicted molar refractivity (Wildman–Crippen MR) is 65.5 cm³/mol. The first-order valence-electron chi connectivity index (χ1n) is 5.43. The number of rotatable bonds is 2. The predicted octanol–water partition coefficient (Wildman–Crippen LogP) is 2.83. The summed E-state index contributed by atoms with van der Waals surface area (Å²) in [6.45, 7) is 1.83. The van der Waals surface area contributed by atoms with Gasteiger partial charge in [0.15, 0.2) is 0 Å².